The number of hydrogen-bond donors (Lipinski definition) is 2. The van der Waals surface area contributed by atoms with Crippen LogP contribution in [0.4, 0.5) is 10.5 Å². The van der Waals surface area contributed by atoms with Crippen LogP contribution in [0.1, 0.15) is 30.5 Å². The van der Waals surface area contributed by atoms with Gasteiger partial charge in [-0.05, 0) is 58.9 Å². The van der Waals surface area contributed by atoms with Crippen molar-refractivity contribution < 1.29 is 4.79 Å². The van der Waals surface area contributed by atoms with Gasteiger partial charge in [0.15, 0.2) is 0 Å². The maximum atomic E-state index is 13.0. The molecule has 0 spiro atoms. The highest BCUT2D eigenvalue weighted by Crippen LogP contribution is 2.28. The highest BCUT2D eigenvalue weighted by Gasteiger charge is 2.24. The third-order valence-corrected chi connectivity index (χ3v) is 6.84. The molecule has 0 saturated carbocycles. The number of benzene rings is 3. The van der Waals surface area contributed by atoms with Crippen molar-refractivity contribution in [3.8, 4) is 11.1 Å². The Labute approximate surface area is 205 Å². The summed E-state index contributed by atoms with van der Waals surface area (Å²) in [6, 6.07) is 21.8. The predicted molar refractivity (Wildman–Crippen MR) is 141 cm³/mol. The Hall–Kier alpha value is -3.90. The summed E-state index contributed by atoms with van der Waals surface area (Å²) in [6.07, 6.45) is 1.74. The Kier molecular flexibility index (Phi) is 6.38. The second-order valence-electron chi connectivity index (χ2n) is 9.01. The van der Waals surface area contributed by atoms with Gasteiger partial charge < -0.3 is 15.2 Å². The molecule has 6 heteroatoms. The van der Waals surface area contributed by atoms with Gasteiger partial charge in [0.25, 0.3) is 5.56 Å². The number of aromatic nitrogens is 1. The number of nitrogens with one attached hydrogen (secondary N) is 2. The van der Waals surface area contributed by atoms with Crippen LogP contribution >= 0.6 is 0 Å². The number of hydrogen-bond acceptors (Lipinski definition) is 3. The topological polar surface area (TPSA) is 68.4 Å². The number of fused-ring (bicyclic) bond motifs is 2. The molecule has 35 heavy (non-hydrogen) atoms. The van der Waals surface area contributed by atoms with Gasteiger partial charge >= 0.3 is 6.03 Å². The van der Waals surface area contributed by atoms with Crippen LogP contribution in [0.3, 0.4) is 0 Å². The first-order valence-corrected chi connectivity index (χ1v) is 12.2. The molecule has 0 fully saturated rings. The molecule has 0 radical (unpaired) electrons. The molecule has 5 rings (SSSR count). The van der Waals surface area contributed by atoms with Gasteiger partial charge in [-0.25, -0.2) is 4.79 Å². The molecule has 3 aromatic carbocycles. The number of aromatic amines is 1. The maximum absolute atomic E-state index is 13.0. The van der Waals surface area contributed by atoms with Gasteiger partial charge in [0.2, 0.25) is 0 Å². The zero-order valence-corrected chi connectivity index (χ0v) is 20.2. The molecule has 0 aliphatic carbocycles. The summed E-state index contributed by atoms with van der Waals surface area (Å²) in [5.41, 5.74) is 6.30. The number of rotatable bonds is 6. The molecule has 178 valence electrons. The van der Waals surface area contributed by atoms with Crippen LogP contribution in [0.25, 0.3) is 21.9 Å². The summed E-state index contributed by atoms with van der Waals surface area (Å²) in [7, 11) is 0. The number of amides is 2. The van der Waals surface area contributed by atoms with Gasteiger partial charge in [-0.15, -0.1) is 0 Å². The standard InChI is InChI=1S/C29H30N4O2/c1-3-32(4-2)17-20-9-10-22-18-33(19-23(22)15-20)29(35)31-24-13-11-21(12-14-24)27-16-30-28(34)26-8-6-5-7-25(26)27/h5-16H,3-4,17-19H2,1-2H3,(H,30,34)(H,31,35). The largest absolute Gasteiger partial charge is 0.328 e. The van der Waals surface area contributed by atoms with Crippen LogP contribution < -0.4 is 10.9 Å². The minimum Gasteiger partial charge on any atom is -0.328 e. The van der Waals surface area contributed by atoms with E-state index in [4.69, 9.17) is 0 Å². The number of carbonyl (C=O) groups is 1. The molecule has 6 nitrogen and oxygen atoms in total. The molecule has 2 heterocycles. The third-order valence-electron chi connectivity index (χ3n) is 6.84. The second kappa shape index (κ2) is 9.76. The van der Waals surface area contributed by atoms with Gasteiger partial charge in [0, 0.05) is 42.5 Å². The highest BCUT2D eigenvalue weighted by atomic mass is 16.2. The SMILES string of the molecule is CCN(CC)Cc1ccc2c(c1)CN(C(=O)Nc1ccc(-c3c[nH]c(=O)c4ccccc34)cc1)C2. The van der Waals surface area contributed by atoms with Crippen LogP contribution in [0.2, 0.25) is 0 Å². The fourth-order valence-corrected chi connectivity index (χ4v) is 4.78. The Bertz CT molecular complexity index is 1420. The van der Waals surface area contributed by atoms with E-state index in [0.717, 1.165) is 41.8 Å². The second-order valence-corrected chi connectivity index (χ2v) is 9.01. The van der Waals surface area contributed by atoms with Gasteiger partial charge in [0.05, 0.1) is 0 Å². The van der Waals surface area contributed by atoms with Crippen molar-refractivity contribution in [2.24, 2.45) is 0 Å². The molecule has 0 unspecified atom stereocenters. The van der Waals surface area contributed by atoms with Crippen LogP contribution in [0, 0.1) is 0 Å². The van der Waals surface area contributed by atoms with E-state index in [2.05, 4.69) is 47.2 Å². The first kappa shape index (κ1) is 22.9. The molecule has 0 bridgehead atoms. The summed E-state index contributed by atoms with van der Waals surface area (Å²) in [6.45, 7) is 8.58. The van der Waals surface area contributed by atoms with E-state index >= 15 is 0 Å². The molecular weight excluding hydrogens is 436 g/mol. The van der Waals surface area contributed by atoms with E-state index in [0.29, 0.717) is 18.5 Å². The first-order chi connectivity index (χ1) is 17.1. The van der Waals surface area contributed by atoms with E-state index in [1.54, 1.807) is 6.20 Å². The Balaban J connectivity index is 1.27. The quantitative estimate of drug-likeness (QED) is 0.390. The number of H-pyrrole nitrogens is 1. The summed E-state index contributed by atoms with van der Waals surface area (Å²) in [5, 5.41) is 4.60. The van der Waals surface area contributed by atoms with E-state index in [-0.39, 0.29) is 11.6 Å². The number of anilines is 1. The van der Waals surface area contributed by atoms with Crippen molar-refractivity contribution in [1.82, 2.24) is 14.8 Å². The van der Waals surface area contributed by atoms with E-state index in [9.17, 15) is 9.59 Å². The summed E-state index contributed by atoms with van der Waals surface area (Å²) in [5.74, 6) is 0. The lowest BCUT2D eigenvalue weighted by molar-refractivity contribution is 0.212. The summed E-state index contributed by atoms with van der Waals surface area (Å²) >= 11 is 0. The molecule has 0 saturated heterocycles. The van der Waals surface area contributed by atoms with E-state index in [1.165, 1.54) is 16.7 Å². The van der Waals surface area contributed by atoms with Gasteiger partial charge in [-0.2, -0.15) is 0 Å². The molecule has 4 aromatic rings. The third kappa shape index (κ3) is 4.70. The maximum Gasteiger partial charge on any atom is 0.322 e. The fourth-order valence-electron chi connectivity index (χ4n) is 4.78. The first-order valence-electron chi connectivity index (χ1n) is 12.2. The molecule has 1 aliphatic rings. The summed E-state index contributed by atoms with van der Waals surface area (Å²) in [4.78, 5) is 32.2. The Morgan fingerprint density at radius 2 is 1.66 bits per heavy atom. The monoisotopic (exact) mass is 466 g/mol. The van der Waals surface area contributed by atoms with E-state index < -0.39 is 0 Å². The molecule has 0 atom stereocenters. The molecule has 1 aliphatic heterocycles. The highest BCUT2D eigenvalue weighted by molar-refractivity contribution is 5.96. The average molecular weight is 467 g/mol. The molecular formula is C29H30N4O2. The van der Waals surface area contributed by atoms with Crippen molar-refractivity contribution in [1.29, 1.82) is 0 Å². The fraction of sp³-hybridized carbons (Fsp3) is 0.241. The Morgan fingerprint density at radius 3 is 2.40 bits per heavy atom. The van der Waals surface area contributed by atoms with Gasteiger partial charge in [-0.3, -0.25) is 9.69 Å². The predicted octanol–water partition coefficient (Wildman–Crippen LogP) is 5.58. The number of urea groups is 1. The number of carbonyl (C=O) groups excluding carboxylic acids is 1. The minimum absolute atomic E-state index is 0.0972. The zero-order chi connectivity index (χ0) is 24.4. The van der Waals surface area contributed by atoms with Crippen molar-refractivity contribution >= 4 is 22.5 Å². The van der Waals surface area contributed by atoms with Gasteiger partial charge in [0.1, 0.15) is 0 Å². The van der Waals surface area contributed by atoms with Crippen molar-refractivity contribution in [3.05, 3.63) is 100.0 Å². The van der Waals surface area contributed by atoms with Crippen LogP contribution in [-0.2, 0) is 19.6 Å². The zero-order valence-electron chi connectivity index (χ0n) is 20.2. The smallest absolute Gasteiger partial charge is 0.322 e. The molecule has 2 amide bonds. The Morgan fingerprint density at radius 1 is 0.943 bits per heavy atom. The van der Waals surface area contributed by atoms with Crippen molar-refractivity contribution in [3.63, 3.8) is 0 Å². The lowest BCUT2D eigenvalue weighted by Crippen LogP contribution is -2.30. The average Bonchev–Trinajstić information content (AvgIpc) is 3.32. The lowest BCUT2D eigenvalue weighted by atomic mass is 10.0. The molecule has 2 N–H and O–H groups in total. The molecule has 1 aromatic heterocycles. The van der Waals surface area contributed by atoms with Crippen molar-refractivity contribution in [2.75, 3.05) is 18.4 Å². The van der Waals surface area contributed by atoms with Crippen LogP contribution in [0.15, 0.2) is 77.7 Å². The van der Waals surface area contributed by atoms with Gasteiger partial charge in [-0.1, -0.05) is 62.4 Å². The summed E-state index contributed by atoms with van der Waals surface area (Å²) < 4.78 is 0. The number of pyridine rings is 1. The number of nitrogens with zero attached hydrogens (tertiary/aromatic N) is 2. The van der Waals surface area contributed by atoms with E-state index in [1.807, 2.05) is 53.4 Å². The van der Waals surface area contributed by atoms with Crippen LogP contribution in [-0.4, -0.2) is 33.9 Å². The van der Waals surface area contributed by atoms with Crippen LogP contribution in [0.5, 0.6) is 0 Å². The minimum atomic E-state index is -0.103. The lowest BCUT2D eigenvalue weighted by Gasteiger charge is -2.18. The normalized spacial score (nSPS) is 12.8. The van der Waals surface area contributed by atoms with Crippen molar-refractivity contribution in [2.45, 2.75) is 33.5 Å².